The summed E-state index contributed by atoms with van der Waals surface area (Å²) in [7, 11) is 0. The summed E-state index contributed by atoms with van der Waals surface area (Å²) in [6.45, 7) is 4.23. The van der Waals surface area contributed by atoms with Gasteiger partial charge in [-0.3, -0.25) is 0 Å². The van der Waals surface area contributed by atoms with Crippen molar-refractivity contribution in [3.8, 4) is 5.75 Å². The van der Waals surface area contributed by atoms with Crippen molar-refractivity contribution in [2.75, 3.05) is 11.4 Å². The standard InChI is InChI=1S/C18H19NO3/c1-12-8-9-15-16(10-12)22-17(14-6-4-3-5-7-14)11-19(15)13(2)18(20)21/h3-10,13,17H,11H2,1-2H3,(H,20,21). The van der Waals surface area contributed by atoms with Crippen LogP contribution in [0.3, 0.4) is 0 Å². The zero-order valence-corrected chi connectivity index (χ0v) is 12.7. The Labute approximate surface area is 130 Å². The van der Waals surface area contributed by atoms with Crippen LogP contribution in [-0.4, -0.2) is 23.7 Å². The second kappa shape index (κ2) is 5.72. The molecular formula is C18H19NO3. The van der Waals surface area contributed by atoms with Crippen molar-refractivity contribution in [3.05, 3.63) is 59.7 Å². The molecule has 0 aromatic heterocycles. The number of anilines is 1. The van der Waals surface area contributed by atoms with Gasteiger partial charge in [0.2, 0.25) is 0 Å². The molecule has 4 heteroatoms. The molecule has 0 aliphatic carbocycles. The zero-order valence-electron chi connectivity index (χ0n) is 12.7. The van der Waals surface area contributed by atoms with E-state index in [1.165, 1.54) is 0 Å². The van der Waals surface area contributed by atoms with Crippen molar-refractivity contribution in [3.63, 3.8) is 0 Å². The van der Waals surface area contributed by atoms with Gasteiger partial charge in [-0.1, -0.05) is 36.4 Å². The zero-order chi connectivity index (χ0) is 15.7. The minimum Gasteiger partial charge on any atom is -0.482 e. The third-order valence-corrected chi connectivity index (χ3v) is 4.05. The number of aryl methyl sites for hydroxylation is 1. The number of rotatable bonds is 3. The number of ether oxygens (including phenoxy) is 1. The second-order valence-corrected chi connectivity index (χ2v) is 5.65. The maximum Gasteiger partial charge on any atom is 0.326 e. The van der Waals surface area contributed by atoms with E-state index in [0.29, 0.717) is 6.54 Å². The summed E-state index contributed by atoms with van der Waals surface area (Å²) in [5.41, 5.74) is 2.99. The van der Waals surface area contributed by atoms with E-state index in [9.17, 15) is 9.90 Å². The smallest absolute Gasteiger partial charge is 0.326 e. The van der Waals surface area contributed by atoms with Gasteiger partial charge in [0, 0.05) is 0 Å². The molecule has 1 heterocycles. The van der Waals surface area contributed by atoms with Gasteiger partial charge in [-0.25, -0.2) is 4.79 Å². The van der Waals surface area contributed by atoms with Crippen molar-refractivity contribution < 1.29 is 14.6 Å². The number of benzene rings is 2. The summed E-state index contributed by atoms with van der Waals surface area (Å²) in [6, 6.07) is 15.2. The highest BCUT2D eigenvalue weighted by atomic mass is 16.5. The van der Waals surface area contributed by atoms with Gasteiger partial charge in [-0.15, -0.1) is 0 Å². The Hall–Kier alpha value is -2.49. The van der Waals surface area contributed by atoms with Crippen LogP contribution >= 0.6 is 0 Å². The molecule has 0 bridgehead atoms. The van der Waals surface area contributed by atoms with Crippen molar-refractivity contribution in [1.29, 1.82) is 0 Å². The molecule has 2 atom stereocenters. The number of fused-ring (bicyclic) bond motifs is 1. The number of carboxylic acids is 1. The van der Waals surface area contributed by atoms with Gasteiger partial charge in [0.25, 0.3) is 0 Å². The quantitative estimate of drug-likeness (QED) is 0.943. The Kier molecular flexibility index (Phi) is 3.75. The van der Waals surface area contributed by atoms with Crippen LogP contribution in [0, 0.1) is 6.92 Å². The number of hydrogen-bond acceptors (Lipinski definition) is 3. The van der Waals surface area contributed by atoms with Gasteiger partial charge in [-0.05, 0) is 37.1 Å². The van der Waals surface area contributed by atoms with E-state index < -0.39 is 12.0 Å². The second-order valence-electron chi connectivity index (χ2n) is 5.65. The first-order chi connectivity index (χ1) is 10.6. The van der Waals surface area contributed by atoms with Crippen LogP contribution in [0.2, 0.25) is 0 Å². The molecule has 0 amide bonds. The average molecular weight is 297 g/mol. The van der Waals surface area contributed by atoms with Crippen molar-refractivity contribution in [1.82, 2.24) is 0 Å². The Balaban J connectivity index is 2.01. The minimum absolute atomic E-state index is 0.169. The third-order valence-electron chi connectivity index (χ3n) is 4.05. The summed E-state index contributed by atoms with van der Waals surface area (Å²) < 4.78 is 6.12. The third kappa shape index (κ3) is 2.64. The summed E-state index contributed by atoms with van der Waals surface area (Å²) in [4.78, 5) is 13.3. The van der Waals surface area contributed by atoms with Gasteiger partial charge >= 0.3 is 5.97 Å². The lowest BCUT2D eigenvalue weighted by Gasteiger charge is -2.38. The molecule has 2 unspecified atom stereocenters. The Bertz CT molecular complexity index is 684. The van der Waals surface area contributed by atoms with Gasteiger partial charge in [0.1, 0.15) is 17.9 Å². The molecule has 0 spiro atoms. The van der Waals surface area contributed by atoms with Crippen LogP contribution in [-0.2, 0) is 4.79 Å². The van der Waals surface area contributed by atoms with Crippen LogP contribution in [0.5, 0.6) is 5.75 Å². The Morgan fingerprint density at radius 1 is 1.27 bits per heavy atom. The van der Waals surface area contributed by atoms with E-state index >= 15 is 0 Å². The monoisotopic (exact) mass is 297 g/mol. The fourth-order valence-electron chi connectivity index (χ4n) is 2.76. The van der Waals surface area contributed by atoms with Gasteiger partial charge in [0.15, 0.2) is 0 Å². The summed E-state index contributed by atoms with van der Waals surface area (Å²) in [5, 5.41) is 9.39. The topological polar surface area (TPSA) is 49.8 Å². The number of carbonyl (C=O) groups is 1. The molecule has 2 aromatic rings. The lowest BCUT2D eigenvalue weighted by atomic mass is 10.0. The molecule has 2 aromatic carbocycles. The lowest BCUT2D eigenvalue weighted by Crippen LogP contribution is -2.45. The fourth-order valence-corrected chi connectivity index (χ4v) is 2.76. The van der Waals surface area contributed by atoms with Crippen molar-refractivity contribution >= 4 is 11.7 Å². The Morgan fingerprint density at radius 2 is 2.00 bits per heavy atom. The molecule has 0 saturated carbocycles. The number of nitrogens with zero attached hydrogens (tertiary/aromatic N) is 1. The lowest BCUT2D eigenvalue weighted by molar-refractivity contribution is -0.138. The number of aliphatic carboxylic acids is 1. The van der Waals surface area contributed by atoms with E-state index in [4.69, 9.17) is 4.74 Å². The van der Waals surface area contributed by atoms with Crippen molar-refractivity contribution in [2.45, 2.75) is 26.0 Å². The highest BCUT2D eigenvalue weighted by molar-refractivity contribution is 5.79. The molecular weight excluding hydrogens is 278 g/mol. The molecule has 114 valence electrons. The van der Waals surface area contributed by atoms with Gasteiger partial charge in [0.05, 0.1) is 12.2 Å². The molecule has 0 saturated heterocycles. The molecule has 0 fully saturated rings. The highest BCUT2D eigenvalue weighted by Gasteiger charge is 2.32. The molecule has 22 heavy (non-hydrogen) atoms. The van der Waals surface area contributed by atoms with E-state index in [1.807, 2.05) is 60.4 Å². The number of carboxylic acid groups (broad SMARTS) is 1. The molecule has 4 nitrogen and oxygen atoms in total. The predicted octanol–water partition coefficient (Wildman–Crippen LogP) is 3.41. The predicted molar refractivity (Wildman–Crippen MR) is 85.4 cm³/mol. The van der Waals surface area contributed by atoms with Crippen LogP contribution in [0.25, 0.3) is 0 Å². The first-order valence-corrected chi connectivity index (χ1v) is 7.38. The largest absolute Gasteiger partial charge is 0.482 e. The minimum atomic E-state index is -0.833. The van der Waals surface area contributed by atoms with E-state index in [0.717, 1.165) is 22.6 Å². The van der Waals surface area contributed by atoms with E-state index in [-0.39, 0.29) is 6.10 Å². The molecule has 3 rings (SSSR count). The highest BCUT2D eigenvalue weighted by Crippen LogP contribution is 2.39. The molecule has 1 aliphatic rings. The maximum atomic E-state index is 11.4. The normalized spacial score (nSPS) is 18.3. The Morgan fingerprint density at radius 3 is 2.68 bits per heavy atom. The van der Waals surface area contributed by atoms with Crippen LogP contribution in [0.1, 0.15) is 24.2 Å². The van der Waals surface area contributed by atoms with Gasteiger partial charge in [-0.2, -0.15) is 0 Å². The fraction of sp³-hybridized carbons (Fsp3) is 0.278. The van der Waals surface area contributed by atoms with Crippen molar-refractivity contribution in [2.24, 2.45) is 0 Å². The van der Waals surface area contributed by atoms with Gasteiger partial charge < -0.3 is 14.7 Å². The van der Waals surface area contributed by atoms with Crippen LogP contribution in [0.4, 0.5) is 5.69 Å². The summed E-state index contributed by atoms with van der Waals surface area (Å²) in [5.74, 6) is -0.0894. The first-order valence-electron chi connectivity index (χ1n) is 7.38. The molecule has 1 N–H and O–H groups in total. The van der Waals surface area contributed by atoms with Crippen LogP contribution < -0.4 is 9.64 Å². The number of hydrogen-bond donors (Lipinski definition) is 1. The summed E-state index contributed by atoms with van der Waals surface area (Å²) in [6.07, 6.45) is -0.169. The molecule has 1 aliphatic heterocycles. The molecule has 0 radical (unpaired) electrons. The first kappa shape index (κ1) is 14.4. The summed E-state index contributed by atoms with van der Waals surface area (Å²) >= 11 is 0. The SMILES string of the molecule is Cc1ccc2c(c1)OC(c1ccccc1)CN2C(C)C(=O)O. The maximum absolute atomic E-state index is 11.4. The average Bonchev–Trinajstić information content (AvgIpc) is 2.53. The van der Waals surface area contributed by atoms with E-state index in [2.05, 4.69) is 0 Å². The van der Waals surface area contributed by atoms with Crippen LogP contribution in [0.15, 0.2) is 48.5 Å². The van der Waals surface area contributed by atoms with E-state index in [1.54, 1.807) is 6.92 Å².